The molecule has 2 fully saturated rings. The van der Waals surface area contributed by atoms with E-state index >= 15 is 0 Å². The molecule has 2 aliphatic rings. The van der Waals surface area contributed by atoms with Crippen LogP contribution < -0.4 is 14.8 Å². The van der Waals surface area contributed by atoms with Gasteiger partial charge in [-0.25, -0.2) is 4.79 Å². The molecule has 0 saturated carbocycles. The molecule has 1 aromatic rings. The number of rotatable bonds is 4. The number of nitrogens with one attached hydrogen (secondary N) is 1. The van der Waals surface area contributed by atoms with Crippen molar-refractivity contribution >= 4 is 6.09 Å². The van der Waals surface area contributed by atoms with Crippen molar-refractivity contribution in [1.82, 2.24) is 5.32 Å². The molecule has 3 rings (SSSR count). The minimum Gasteiger partial charge on any atom is -0.493 e. The Bertz CT molecular complexity index is 452. The summed E-state index contributed by atoms with van der Waals surface area (Å²) in [7, 11) is 1.58. The lowest BCUT2D eigenvalue weighted by Gasteiger charge is -2.12. The molecule has 7 heteroatoms. The molecule has 0 aliphatic carbocycles. The number of hydrogen-bond donors (Lipinski definition) is 1. The van der Waals surface area contributed by atoms with Gasteiger partial charge in [-0.05, 0) is 12.1 Å². The summed E-state index contributed by atoms with van der Waals surface area (Å²) in [5, 5.41) is 2.56. The van der Waals surface area contributed by atoms with Gasteiger partial charge >= 0.3 is 6.09 Å². The molecule has 0 bridgehead atoms. The zero-order valence-corrected chi connectivity index (χ0v) is 12.6. The molecular weight excluding hydrogens is 290 g/mol. The Hall–Kier alpha value is -1.99. The quantitative estimate of drug-likeness (QED) is 0.901. The van der Waals surface area contributed by atoms with Crippen LogP contribution in [-0.4, -0.2) is 58.9 Å². The first-order valence-electron chi connectivity index (χ1n) is 7.15. The van der Waals surface area contributed by atoms with E-state index < -0.39 is 6.09 Å². The van der Waals surface area contributed by atoms with Gasteiger partial charge in [0.15, 0.2) is 17.6 Å². The standard InChI is InChI=1S/C11H13NO4.C4H8O2/c1-14-9-4-2-3-5-10(9)15-7-8-6-12-11(13)16-8;1-2-6-4-3-5-1/h2-5,8H,6-7H2,1H3,(H,12,13);1-4H2. The number of methoxy groups -OCH3 is 1. The van der Waals surface area contributed by atoms with E-state index in [0.29, 0.717) is 24.7 Å². The Labute approximate surface area is 129 Å². The Morgan fingerprint density at radius 2 is 1.77 bits per heavy atom. The highest BCUT2D eigenvalue weighted by molar-refractivity contribution is 5.69. The van der Waals surface area contributed by atoms with E-state index in [0.717, 1.165) is 26.4 Å². The first-order chi connectivity index (χ1) is 10.8. The third-order valence-electron chi connectivity index (χ3n) is 2.99. The van der Waals surface area contributed by atoms with E-state index in [-0.39, 0.29) is 6.10 Å². The highest BCUT2D eigenvalue weighted by atomic mass is 16.6. The van der Waals surface area contributed by atoms with Crippen LogP contribution >= 0.6 is 0 Å². The molecule has 2 aliphatic heterocycles. The van der Waals surface area contributed by atoms with Crippen molar-refractivity contribution < 1.29 is 28.5 Å². The summed E-state index contributed by atoms with van der Waals surface area (Å²) in [4.78, 5) is 10.8. The second-order valence-electron chi connectivity index (χ2n) is 4.59. The van der Waals surface area contributed by atoms with Crippen molar-refractivity contribution in [2.75, 3.05) is 46.7 Å². The van der Waals surface area contributed by atoms with Crippen molar-refractivity contribution in [3.05, 3.63) is 24.3 Å². The minimum absolute atomic E-state index is 0.239. The van der Waals surface area contributed by atoms with Crippen LogP contribution in [0.15, 0.2) is 24.3 Å². The molecule has 2 heterocycles. The zero-order valence-electron chi connectivity index (χ0n) is 12.6. The molecule has 7 nitrogen and oxygen atoms in total. The van der Waals surface area contributed by atoms with Crippen LogP contribution in [0, 0.1) is 0 Å². The van der Waals surface area contributed by atoms with Crippen molar-refractivity contribution in [2.45, 2.75) is 6.10 Å². The highest BCUT2D eigenvalue weighted by Crippen LogP contribution is 2.26. The Kier molecular flexibility index (Phi) is 6.79. The fourth-order valence-corrected chi connectivity index (χ4v) is 1.89. The van der Waals surface area contributed by atoms with Crippen LogP contribution in [0.1, 0.15) is 0 Å². The summed E-state index contributed by atoms with van der Waals surface area (Å²) in [5.41, 5.74) is 0. The molecule has 1 N–H and O–H groups in total. The molecule has 122 valence electrons. The van der Waals surface area contributed by atoms with Gasteiger partial charge in [0.25, 0.3) is 0 Å². The maximum Gasteiger partial charge on any atom is 0.407 e. The average Bonchev–Trinajstić information content (AvgIpc) is 3.01. The molecule has 1 aromatic carbocycles. The van der Waals surface area contributed by atoms with Crippen LogP contribution in [0.25, 0.3) is 0 Å². The molecule has 0 aromatic heterocycles. The third kappa shape index (κ3) is 5.42. The largest absolute Gasteiger partial charge is 0.493 e. The predicted molar refractivity (Wildman–Crippen MR) is 78.4 cm³/mol. The summed E-state index contributed by atoms with van der Waals surface area (Å²) in [5.74, 6) is 1.31. The SMILES string of the molecule is C1COCCO1.COc1ccccc1OCC1CNC(=O)O1. The molecule has 22 heavy (non-hydrogen) atoms. The Morgan fingerprint density at radius 1 is 1.14 bits per heavy atom. The molecular formula is C15H21NO6. The number of amides is 1. The van der Waals surface area contributed by atoms with Gasteiger partial charge in [-0.2, -0.15) is 0 Å². The van der Waals surface area contributed by atoms with Crippen LogP contribution in [0.2, 0.25) is 0 Å². The van der Waals surface area contributed by atoms with Gasteiger partial charge in [0.2, 0.25) is 0 Å². The van der Waals surface area contributed by atoms with Gasteiger partial charge in [-0.15, -0.1) is 0 Å². The number of carbonyl (C=O) groups excluding carboxylic acids is 1. The van der Waals surface area contributed by atoms with E-state index in [4.69, 9.17) is 23.7 Å². The molecule has 1 amide bonds. The number of cyclic esters (lactones) is 1. The van der Waals surface area contributed by atoms with E-state index in [2.05, 4.69) is 5.32 Å². The van der Waals surface area contributed by atoms with Crippen molar-refractivity contribution in [3.8, 4) is 11.5 Å². The minimum atomic E-state index is -0.395. The third-order valence-corrected chi connectivity index (χ3v) is 2.99. The molecule has 1 atom stereocenters. The van der Waals surface area contributed by atoms with Crippen LogP contribution in [0.5, 0.6) is 11.5 Å². The van der Waals surface area contributed by atoms with Crippen LogP contribution in [-0.2, 0) is 14.2 Å². The van der Waals surface area contributed by atoms with E-state index in [9.17, 15) is 4.79 Å². The van der Waals surface area contributed by atoms with Gasteiger partial charge < -0.3 is 29.0 Å². The smallest absolute Gasteiger partial charge is 0.407 e. The van der Waals surface area contributed by atoms with Crippen molar-refractivity contribution in [2.24, 2.45) is 0 Å². The Morgan fingerprint density at radius 3 is 2.27 bits per heavy atom. The average molecular weight is 311 g/mol. The highest BCUT2D eigenvalue weighted by Gasteiger charge is 2.23. The first-order valence-corrected chi connectivity index (χ1v) is 7.15. The Balaban J connectivity index is 0.000000246. The number of ether oxygens (including phenoxy) is 5. The molecule has 2 saturated heterocycles. The number of hydrogen-bond acceptors (Lipinski definition) is 6. The van der Waals surface area contributed by atoms with Crippen molar-refractivity contribution in [1.29, 1.82) is 0 Å². The van der Waals surface area contributed by atoms with Gasteiger partial charge in [0, 0.05) is 0 Å². The van der Waals surface area contributed by atoms with Crippen molar-refractivity contribution in [3.63, 3.8) is 0 Å². The van der Waals surface area contributed by atoms with Gasteiger partial charge in [-0.1, -0.05) is 12.1 Å². The lowest BCUT2D eigenvalue weighted by atomic mass is 10.3. The fraction of sp³-hybridized carbons (Fsp3) is 0.533. The lowest BCUT2D eigenvalue weighted by molar-refractivity contribution is -0.0334. The first kappa shape index (κ1) is 16.4. The van der Waals surface area contributed by atoms with E-state index in [1.165, 1.54) is 0 Å². The summed E-state index contributed by atoms with van der Waals surface area (Å²) in [6.45, 7) is 3.91. The zero-order chi connectivity index (χ0) is 15.6. The number of carbonyl (C=O) groups is 1. The monoisotopic (exact) mass is 311 g/mol. The number of benzene rings is 1. The number of alkyl carbamates (subject to hydrolysis) is 1. The summed E-state index contributed by atoms with van der Waals surface area (Å²) < 4.78 is 25.5. The maximum absolute atomic E-state index is 10.8. The fourth-order valence-electron chi connectivity index (χ4n) is 1.89. The number of para-hydroxylation sites is 2. The van der Waals surface area contributed by atoms with Gasteiger partial charge in [0.05, 0.1) is 40.1 Å². The van der Waals surface area contributed by atoms with Gasteiger partial charge in [-0.3, -0.25) is 0 Å². The van der Waals surface area contributed by atoms with E-state index in [1.807, 2.05) is 24.3 Å². The molecule has 0 radical (unpaired) electrons. The molecule has 1 unspecified atom stereocenters. The topological polar surface area (TPSA) is 75.3 Å². The second-order valence-corrected chi connectivity index (χ2v) is 4.59. The summed E-state index contributed by atoms with van der Waals surface area (Å²) >= 11 is 0. The summed E-state index contributed by atoms with van der Waals surface area (Å²) in [6, 6.07) is 7.34. The lowest BCUT2D eigenvalue weighted by Crippen LogP contribution is -2.22. The molecule has 0 spiro atoms. The maximum atomic E-state index is 10.8. The van der Waals surface area contributed by atoms with Crippen LogP contribution in [0.4, 0.5) is 4.79 Å². The van der Waals surface area contributed by atoms with Gasteiger partial charge in [0.1, 0.15) is 6.61 Å². The predicted octanol–water partition coefficient (Wildman–Crippen LogP) is 1.22. The summed E-state index contributed by atoms with van der Waals surface area (Å²) in [6.07, 6.45) is -0.633. The normalized spacial score (nSPS) is 20.2. The van der Waals surface area contributed by atoms with E-state index in [1.54, 1.807) is 7.11 Å². The van der Waals surface area contributed by atoms with Crippen LogP contribution in [0.3, 0.4) is 0 Å². The second kappa shape index (κ2) is 9.11.